The highest BCUT2D eigenvalue weighted by Crippen LogP contribution is 2.27. The molecule has 8 heteroatoms. The summed E-state index contributed by atoms with van der Waals surface area (Å²) in [6.45, 7) is 4.08. The Morgan fingerprint density at radius 3 is 2.34 bits per heavy atom. The second-order valence-corrected chi connectivity index (χ2v) is 11.0. The van der Waals surface area contributed by atoms with Gasteiger partial charge in [-0.1, -0.05) is 12.8 Å². The highest BCUT2D eigenvalue weighted by atomic mass is 32.2. The predicted molar refractivity (Wildman–Crippen MR) is 114 cm³/mol. The zero-order valence-corrected chi connectivity index (χ0v) is 17.9. The van der Waals surface area contributed by atoms with Crippen LogP contribution in [-0.4, -0.2) is 79.4 Å². The topological polar surface area (TPSA) is 82.6 Å². The third kappa shape index (κ3) is 5.48. The van der Waals surface area contributed by atoms with Gasteiger partial charge in [0.15, 0.2) is 9.84 Å². The minimum Gasteiger partial charge on any atom is -0.367 e. The zero-order valence-electron chi connectivity index (χ0n) is 17.1. The number of rotatable bonds is 5. The molecular weight excluding hydrogens is 388 g/mol. The third-order valence-electron chi connectivity index (χ3n) is 6.57. The number of piperidine rings is 1. The Labute approximate surface area is 173 Å². The molecule has 0 radical (unpaired) electrons. The summed E-state index contributed by atoms with van der Waals surface area (Å²) in [5, 5.41) is 3.51. The normalized spacial score (nSPS) is 23.9. The lowest BCUT2D eigenvalue weighted by Crippen LogP contribution is -2.43. The van der Waals surface area contributed by atoms with Gasteiger partial charge in [-0.25, -0.2) is 13.4 Å². The maximum Gasteiger partial charge on any atom is 0.255 e. The number of nitrogens with one attached hydrogen (secondary N) is 1. The van der Waals surface area contributed by atoms with E-state index in [4.69, 9.17) is 0 Å². The fourth-order valence-electron chi connectivity index (χ4n) is 4.73. The lowest BCUT2D eigenvalue weighted by molar-refractivity contribution is 0.0770. The number of nitrogens with zero attached hydrogens (tertiary/aromatic N) is 3. The Hall–Kier alpha value is -1.67. The second-order valence-electron chi connectivity index (χ2n) is 8.75. The van der Waals surface area contributed by atoms with Crippen LogP contribution in [0.15, 0.2) is 18.3 Å². The first-order valence-electron chi connectivity index (χ1n) is 10.9. The molecule has 0 unspecified atom stereocenters. The Bertz CT molecular complexity index is 784. The molecule has 3 aliphatic rings. The molecule has 1 saturated carbocycles. The molecule has 4 rings (SSSR count). The van der Waals surface area contributed by atoms with Crippen molar-refractivity contribution in [2.75, 3.05) is 49.5 Å². The SMILES string of the molecule is O=C(c1ccc(NC2CCN(CC3CCCC3)CC2)nc1)N1CCS(=O)(=O)CC1. The summed E-state index contributed by atoms with van der Waals surface area (Å²) < 4.78 is 23.1. The van der Waals surface area contributed by atoms with E-state index in [9.17, 15) is 13.2 Å². The van der Waals surface area contributed by atoms with Crippen LogP contribution in [0.1, 0.15) is 48.9 Å². The Morgan fingerprint density at radius 1 is 1.03 bits per heavy atom. The van der Waals surface area contributed by atoms with Crippen molar-refractivity contribution in [2.24, 2.45) is 5.92 Å². The fraction of sp³-hybridized carbons (Fsp3) is 0.714. The van der Waals surface area contributed by atoms with Gasteiger partial charge in [0.2, 0.25) is 0 Å². The number of sulfone groups is 1. The molecule has 1 N–H and O–H groups in total. The van der Waals surface area contributed by atoms with Crippen molar-refractivity contribution in [3.8, 4) is 0 Å². The number of anilines is 1. The summed E-state index contributed by atoms with van der Waals surface area (Å²) >= 11 is 0. The minimum atomic E-state index is -2.99. The van der Waals surface area contributed by atoms with Crippen LogP contribution in [0.5, 0.6) is 0 Å². The van der Waals surface area contributed by atoms with E-state index < -0.39 is 9.84 Å². The van der Waals surface area contributed by atoms with Crippen LogP contribution in [0.4, 0.5) is 5.82 Å². The zero-order chi connectivity index (χ0) is 20.3. The quantitative estimate of drug-likeness (QED) is 0.785. The predicted octanol–water partition coefficient (Wildman–Crippen LogP) is 2.02. The highest BCUT2D eigenvalue weighted by molar-refractivity contribution is 7.91. The highest BCUT2D eigenvalue weighted by Gasteiger charge is 2.26. The van der Waals surface area contributed by atoms with E-state index in [-0.39, 0.29) is 30.5 Å². The standard InChI is InChI=1S/C21H32N4O3S/c26-21(25-11-13-29(27,28)14-12-25)18-5-6-20(22-15-18)23-19-7-9-24(10-8-19)16-17-3-1-2-4-17/h5-6,15,17,19H,1-4,7-14,16H2,(H,22,23). The molecule has 0 aromatic carbocycles. The average Bonchev–Trinajstić information content (AvgIpc) is 3.23. The molecule has 0 spiro atoms. The smallest absolute Gasteiger partial charge is 0.255 e. The first-order chi connectivity index (χ1) is 14.0. The van der Waals surface area contributed by atoms with Gasteiger partial charge >= 0.3 is 0 Å². The summed E-state index contributed by atoms with van der Waals surface area (Å²) in [6, 6.07) is 4.07. The van der Waals surface area contributed by atoms with Crippen LogP contribution in [-0.2, 0) is 9.84 Å². The Kier molecular flexibility index (Phi) is 6.39. The first-order valence-corrected chi connectivity index (χ1v) is 12.8. The summed E-state index contributed by atoms with van der Waals surface area (Å²) in [5.74, 6) is 1.67. The van der Waals surface area contributed by atoms with Crippen molar-refractivity contribution in [3.63, 3.8) is 0 Å². The number of hydrogen-bond acceptors (Lipinski definition) is 6. The van der Waals surface area contributed by atoms with Gasteiger partial charge in [-0.05, 0) is 43.7 Å². The Balaban J connectivity index is 1.24. The van der Waals surface area contributed by atoms with Crippen LogP contribution < -0.4 is 5.32 Å². The van der Waals surface area contributed by atoms with Crippen molar-refractivity contribution >= 4 is 21.6 Å². The maximum atomic E-state index is 12.6. The van der Waals surface area contributed by atoms with Crippen LogP contribution in [0.3, 0.4) is 0 Å². The summed E-state index contributed by atoms with van der Waals surface area (Å²) in [4.78, 5) is 21.2. The number of carbonyl (C=O) groups is 1. The number of hydrogen-bond donors (Lipinski definition) is 1. The second kappa shape index (κ2) is 9.00. The van der Waals surface area contributed by atoms with Crippen molar-refractivity contribution in [1.82, 2.24) is 14.8 Å². The fourth-order valence-corrected chi connectivity index (χ4v) is 5.93. The molecule has 7 nitrogen and oxygen atoms in total. The van der Waals surface area contributed by atoms with E-state index in [0.717, 1.165) is 37.7 Å². The van der Waals surface area contributed by atoms with E-state index in [1.807, 2.05) is 6.07 Å². The Morgan fingerprint density at radius 2 is 1.72 bits per heavy atom. The molecule has 160 valence electrons. The van der Waals surface area contributed by atoms with E-state index in [1.165, 1.54) is 32.2 Å². The molecule has 0 atom stereocenters. The summed E-state index contributed by atoms with van der Waals surface area (Å²) in [6.07, 6.45) is 9.46. The van der Waals surface area contributed by atoms with Crippen LogP contribution in [0.25, 0.3) is 0 Å². The number of pyridine rings is 1. The largest absolute Gasteiger partial charge is 0.367 e. The number of amides is 1. The summed E-state index contributed by atoms with van der Waals surface area (Å²) in [5.41, 5.74) is 0.515. The van der Waals surface area contributed by atoms with Gasteiger partial charge in [0.05, 0.1) is 17.1 Å². The minimum absolute atomic E-state index is 0.0469. The molecule has 3 heterocycles. The van der Waals surface area contributed by atoms with E-state index in [0.29, 0.717) is 11.6 Å². The molecule has 1 aliphatic carbocycles. The first kappa shape index (κ1) is 20.6. The monoisotopic (exact) mass is 420 g/mol. The van der Waals surface area contributed by atoms with Gasteiger partial charge in [-0.15, -0.1) is 0 Å². The molecule has 1 amide bonds. The van der Waals surface area contributed by atoms with E-state index in [1.54, 1.807) is 17.2 Å². The van der Waals surface area contributed by atoms with Crippen LogP contribution >= 0.6 is 0 Å². The number of carbonyl (C=O) groups excluding carboxylic acids is 1. The van der Waals surface area contributed by atoms with Crippen LogP contribution in [0, 0.1) is 5.92 Å². The van der Waals surface area contributed by atoms with Gasteiger partial charge in [0.25, 0.3) is 5.91 Å². The lowest BCUT2D eigenvalue weighted by atomic mass is 10.0. The van der Waals surface area contributed by atoms with Crippen molar-refractivity contribution in [3.05, 3.63) is 23.9 Å². The van der Waals surface area contributed by atoms with Gasteiger partial charge in [-0.3, -0.25) is 4.79 Å². The van der Waals surface area contributed by atoms with Gasteiger partial charge in [0, 0.05) is 45.0 Å². The molecule has 1 aromatic rings. The third-order valence-corrected chi connectivity index (χ3v) is 8.18. The van der Waals surface area contributed by atoms with Gasteiger partial charge < -0.3 is 15.1 Å². The molecular formula is C21H32N4O3S. The number of likely N-dealkylation sites (tertiary alicyclic amines) is 1. The van der Waals surface area contributed by atoms with Crippen molar-refractivity contribution in [1.29, 1.82) is 0 Å². The molecule has 1 aromatic heterocycles. The molecule has 0 bridgehead atoms. The van der Waals surface area contributed by atoms with Crippen molar-refractivity contribution < 1.29 is 13.2 Å². The lowest BCUT2D eigenvalue weighted by Gasteiger charge is -2.34. The average molecular weight is 421 g/mol. The van der Waals surface area contributed by atoms with E-state index >= 15 is 0 Å². The van der Waals surface area contributed by atoms with Crippen LogP contribution in [0.2, 0.25) is 0 Å². The summed E-state index contributed by atoms with van der Waals surface area (Å²) in [7, 11) is -2.99. The van der Waals surface area contributed by atoms with Gasteiger partial charge in [0.1, 0.15) is 5.82 Å². The molecule has 3 fully saturated rings. The number of aromatic nitrogens is 1. The maximum absolute atomic E-state index is 12.6. The molecule has 2 saturated heterocycles. The van der Waals surface area contributed by atoms with Crippen molar-refractivity contribution in [2.45, 2.75) is 44.6 Å². The molecule has 2 aliphatic heterocycles. The van der Waals surface area contributed by atoms with Gasteiger partial charge in [-0.2, -0.15) is 0 Å². The van der Waals surface area contributed by atoms with E-state index in [2.05, 4.69) is 15.2 Å². The molecule has 29 heavy (non-hydrogen) atoms.